The Morgan fingerprint density at radius 3 is 2.93 bits per heavy atom. The Labute approximate surface area is 92.6 Å². The van der Waals surface area contributed by atoms with Gasteiger partial charge in [-0.1, -0.05) is 22.9 Å². The lowest BCUT2D eigenvalue weighted by Gasteiger charge is -2.43. The molecule has 2 bridgehead atoms. The van der Waals surface area contributed by atoms with Crippen molar-refractivity contribution in [2.24, 2.45) is 11.8 Å². The highest BCUT2D eigenvalue weighted by Crippen LogP contribution is 2.52. The molecule has 1 heterocycles. The average molecular weight is 262 g/mol. The molecule has 3 nitrogen and oxygen atoms in total. The Hall–Kier alpha value is -0.0900. The Morgan fingerprint density at radius 2 is 2.36 bits per heavy atom. The van der Waals surface area contributed by atoms with Gasteiger partial charge in [-0.25, -0.2) is 0 Å². The molecule has 0 aromatic carbocycles. The molecular formula is C10H16BrNO2. The number of nitrogens with zero attached hydrogens (tertiary/aromatic N) is 1. The van der Waals surface area contributed by atoms with E-state index in [9.17, 15) is 9.90 Å². The first-order valence-corrected chi connectivity index (χ1v) is 5.85. The third-order valence-corrected chi connectivity index (χ3v) is 5.32. The van der Waals surface area contributed by atoms with Crippen LogP contribution in [0.15, 0.2) is 0 Å². The zero-order chi connectivity index (χ0) is 10.5. The van der Waals surface area contributed by atoms with E-state index in [1.54, 1.807) is 4.90 Å². The number of piperidine rings is 1. The first-order chi connectivity index (χ1) is 6.50. The fourth-order valence-electron chi connectivity index (χ4n) is 3.01. The van der Waals surface area contributed by atoms with Crippen molar-refractivity contribution in [3.05, 3.63) is 0 Å². The van der Waals surface area contributed by atoms with Crippen LogP contribution in [0.3, 0.4) is 0 Å². The Bertz CT molecular complexity index is 271. The van der Waals surface area contributed by atoms with Gasteiger partial charge in [0.25, 0.3) is 0 Å². The monoisotopic (exact) mass is 261 g/mol. The van der Waals surface area contributed by atoms with Crippen molar-refractivity contribution in [1.82, 2.24) is 4.90 Å². The second-order valence-corrected chi connectivity index (χ2v) is 6.11. The summed E-state index contributed by atoms with van der Waals surface area (Å²) in [6.07, 6.45) is 1.57. The van der Waals surface area contributed by atoms with Gasteiger partial charge in [0.15, 0.2) is 0 Å². The molecule has 0 spiro atoms. The second-order valence-electron chi connectivity index (χ2n) is 4.63. The number of hydrogen-bond acceptors (Lipinski definition) is 2. The van der Waals surface area contributed by atoms with Gasteiger partial charge >= 0.3 is 0 Å². The van der Waals surface area contributed by atoms with Crippen LogP contribution in [0.4, 0.5) is 0 Å². The van der Waals surface area contributed by atoms with Crippen molar-refractivity contribution < 1.29 is 9.90 Å². The summed E-state index contributed by atoms with van der Waals surface area (Å²) in [7, 11) is 1.84. The molecule has 2 aliphatic rings. The summed E-state index contributed by atoms with van der Waals surface area (Å²) in [5.74, 6) is 1.02. The summed E-state index contributed by atoms with van der Waals surface area (Å²) in [5.41, 5.74) is 0. The number of aliphatic hydroxyl groups is 1. The number of alkyl halides is 1. The zero-order valence-electron chi connectivity index (χ0n) is 8.53. The van der Waals surface area contributed by atoms with E-state index in [1.807, 2.05) is 7.05 Å². The maximum absolute atomic E-state index is 11.6. The predicted molar refractivity (Wildman–Crippen MR) is 57.2 cm³/mol. The zero-order valence-corrected chi connectivity index (χ0v) is 10.1. The van der Waals surface area contributed by atoms with E-state index >= 15 is 0 Å². The number of carbonyl (C=O) groups excluding carboxylic acids is 1. The van der Waals surface area contributed by atoms with E-state index in [2.05, 4.69) is 22.9 Å². The molecule has 0 aromatic heterocycles. The lowest BCUT2D eigenvalue weighted by atomic mass is 9.84. The second kappa shape index (κ2) is 3.20. The van der Waals surface area contributed by atoms with E-state index in [1.165, 1.54) is 0 Å². The summed E-state index contributed by atoms with van der Waals surface area (Å²) in [6, 6.07) is 0.161. The quantitative estimate of drug-likeness (QED) is 0.716. The third kappa shape index (κ3) is 1.16. The summed E-state index contributed by atoms with van der Waals surface area (Å²) >= 11 is 3.65. The van der Waals surface area contributed by atoms with Crippen LogP contribution in [0, 0.1) is 11.8 Å². The summed E-state index contributed by atoms with van der Waals surface area (Å²) in [6.45, 7) is 2.28. The van der Waals surface area contributed by atoms with Gasteiger partial charge in [0.2, 0.25) is 5.91 Å². The molecule has 0 radical (unpaired) electrons. The van der Waals surface area contributed by atoms with Crippen LogP contribution in [0.25, 0.3) is 0 Å². The van der Waals surface area contributed by atoms with E-state index in [-0.39, 0.29) is 22.9 Å². The average Bonchev–Trinajstić information content (AvgIpc) is 2.33. The number of aliphatic hydroxyl groups excluding tert-OH is 1. The van der Waals surface area contributed by atoms with Crippen LogP contribution >= 0.6 is 15.9 Å². The highest BCUT2D eigenvalue weighted by atomic mass is 79.9. The highest BCUT2D eigenvalue weighted by molar-refractivity contribution is 9.10. The van der Waals surface area contributed by atoms with Crippen LogP contribution in [-0.2, 0) is 4.79 Å². The molecule has 1 aliphatic carbocycles. The largest absolute Gasteiger partial charge is 0.395 e. The molecule has 4 heteroatoms. The summed E-state index contributed by atoms with van der Waals surface area (Å²) < 4.78 is -0.255. The lowest BCUT2D eigenvalue weighted by Crippen LogP contribution is -2.56. The normalized spacial score (nSPS) is 47.3. The number of carbonyl (C=O) groups is 1. The van der Waals surface area contributed by atoms with Crippen molar-refractivity contribution in [1.29, 1.82) is 0 Å². The minimum Gasteiger partial charge on any atom is -0.395 e. The fraction of sp³-hybridized carbons (Fsp3) is 0.900. The number of amides is 1. The molecule has 1 saturated carbocycles. The first kappa shape index (κ1) is 10.4. The van der Waals surface area contributed by atoms with Crippen LogP contribution in [0.2, 0.25) is 0 Å². The Morgan fingerprint density at radius 1 is 1.71 bits per heavy atom. The molecule has 1 saturated heterocycles. The van der Waals surface area contributed by atoms with Crippen molar-refractivity contribution in [2.75, 3.05) is 13.7 Å². The molecule has 1 aliphatic heterocycles. The van der Waals surface area contributed by atoms with Gasteiger partial charge < -0.3 is 10.0 Å². The fourth-order valence-corrected chi connectivity index (χ4v) is 4.12. The maximum atomic E-state index is 11.6. The third-order valence-electron chi connectivity index (χ3n) is 3.95. The molecule has 80 valence electrons. The molecule has 14 heavy (non-hydrogen) atoms. The van der Waals surface area contributed by atoms with Crippen molar-refractivity contribution in [2.45, 2.75) is 30.1 Å². The van der Waals surface area contributed by atoms with E-state index in [4.69, 9.17) is 0 Å². The van der Waals surface area contributed by atoms with E-state index in [0.29, 0.717) is 18.3 Å². The molecule has 3 unspecified atom stereocenters. The van der Waals surface area contributed by atoms with Gasteiger partial charge in [0.05, 0.1) is 10.9 Å². The minimum atomic E-state index is -0.255. The van der Waals surface area contributed by atoms with Crippen LogP contribution in [0.1, 0.15) is 19.8 Å². The van der Waals surface area contributed by atoms with Crippen LogP contribution < -0.4 is 0 Å². The SMILES string of the molecule is C[C@@H]1CC2N(C)C(=O)CC1C2(Br)CO. The van der Waals surface area contributed by atoms with Crippen LogP contribution in [0.5, 0.6) is 0 Å². The molecular weight excluding hydrogens is 246 g/mol. The van der Waals surface area contributed by atoms with Gasteiger partial charge in [-0.3, -0.25) is 4.79 Å². The van der Waals surface area contributed by atoms with Gasteiger partial charge in [0.1, 0.15) is 0 Å². The Kier molecular flexibility index (Phi) is 2.39. The maximum Gasteiger partial charge on any atom is 0.222 e. The number of halogens is 1. The van der Waals surface area contributed by atoms with Gasteiger partial charge in [-0.05, 0) is 18.3 Å². The van der Waals surface area contributed by atoms with Gasteiger partial charge in [0, 0.05) is 19.5 Å². The van der Waals surface area contributed by atoms with Crippen molar-refractivity contribution in [3.8, 4) is 0 Å². The van der Waals surface area contributed by atoms with Crippen molar-refractivity contribution >= 4 is 21.8 Å². The van der Waals surface area contributed by atoms with Crippen LogP contribution in [-0.4, -0.2) is 39.9 Å². The molecule has 2 fully saturated rings. The predicted octanol–water partition coefficient (Wildman–Crippen LogP) is 0.999. The summed E-state index contributed by atoms with van der Waals surface area (Å²) in [5, 5.41) is 9.47. The molecule has 1 N–H and O–H groups in total. The smallest absolute Gasteiger partial charge is 0.222 e. The highest BCUT2D eigenvalue weighted by Gasteiger charge is 2.57. The van der Waals surface area contributed by atoms with E-state index in [0.717, 1.165) is 6.42 Å². The van der Waals surface area contributed by atoms with Gasteiger partial charge in [-0.15, -0.1) is 0 Å². The number of hydrogen-bond donors (Lipinski definition) is 1. The number of likely N-dealkylation sites (tertiary alicyclic amines) is 1. The standard InChI is InChI=1S/C10H16BrNO2/c1-6-3-8-10(11,5-13)7(6)4-9(14)12(8)2/h6-8,13H,3-5H2,1-2H3/t6-,7?,8?,10?/m1/s1. The number of rotatable bonds is 1. The number of fused-ring (bicyclic) bond motifs is 2. The summed E-state index contributed by atoms with van der Waals surface area (Å²) in [4.78, 5) is 13.4. The molecule has 4 atom stereocenters. The molecule has 0 aromatic rings. The lowest BCUT2D eigenvalue weighted by molar-refractivity contribution is -0.136. The van der Waals surface area contributed by atoms with Crippen molar-refractivity contribution in [3.63, 3.8) is 0 Å². The van der Waals surface area contributed by atoms with Gasteiger partial charge in [-0.2, -0.15) is 0 Å². The molecule has 1 amide bonds. The minimum absolute atomic E-state index is 0.115. The van der Waals surface area contributed by atoms with E-state index < -0.39 is 0 Å². The Balaban J connectivity index is 2.36. The molecule has 2 rings (SSSR count). The first-order valence-electron chi connectivity index (χ1n) is 5.06. The topological polar surface area (TPSA) is 40.5 Å².